The number of rotatable bonds is 6. The lowest BCUT2D eigenvalue weighted by Crippen LogP contribution is -2.36. The van der Waals surface area contributed by atoms with Gasteiger partial charge < -0.3 is 10.1 Å². The summed E-state index contributed by atoms with van der Waals surface area (Å²) in [5.74, 6) is 0.965. The van der Waals surface area contributed by atoms with Gasteiger partial charge in [0.2, 0.25) is 0 Å². The molecule has 0 heterocycles. The quantitative estimate of drug-likeness (QED) is 0.826. The van der Waals surface area contributed by atoms with E-state index in [9.17, 15) is 0 Å². The average Bonchev–Trinajstić information content (AvgIpc) is 2.35. The van der Waals surface area contributed by atoms with Crippen molar-refractivity contribution in [2.24, 2.45) is 0 Å². The van der Waals surface area contributed by atoms with E-state index in [1.165, 1.54) is 5.57 Å². The van der Waals surface area contributed by atoms with Crippen LogP contribution in [-0.4, -0.2) is 18.7 Å². The van der Waals surface area contributed by atoms with E-state index in [0.717, 1.165) is 24.3 Å². The number of ether oxygens (including phenoxy) is 1. The zero-order valence-corrected chi connectivity index (χ0v) is 12.9. The smallest absolute Gasteiger partial charge is 0.126 e. The summed E-state index contributed by atoms with van der Waals surface area (Å²) in [5.41, 5.74) is 2.70. The molecule has 0 aliphatic carbocycles. The van der Waals surface area contributed by atoms with Crippen LogP contribution >= 0.6 is 0 Å². The normalized spacial score (nSPS) is 12.6. The molecule has 0 aliphatic heterocycles. The molecule has 19 heavy (non-hydrogen) atoms. The Kier molecular flexibility index (Phi) is 6.10. The second kappa shape index (κ2) is 7.34. The molecule has 0 radical (unpaired) electrons. The molecule has 2 heteroatoms. The van der Waals surface area contributed by atoms with Crippen molar-refractivity contribution in [3.05, 3.63) is 35.4 Å². The van der Waals surface area contributed by atoms with Gasteiger partial charge in [-0.05, 0) is 40.2 Å². The monoisotopic (exact) mass is 261 g/mol. The van der Waals surface area contributed by atoms with E-state index in [1.807, 2.05) is 19.1 Å². The molecule has 1 aromatic carbocycles. The molecule has 1 rings (SSSR count). The van der Waals surface area contributed by atoms with Crippen LogP contribution in [0, 0.1) is 0 Å². The highest BCUT2D eigenvalue weighted by Gasteiger charge is 2.09. The van der Waals surface area contributed by atoms with Crippen molar-refractivity contribution in [3.8, 4) is 5.75 Å². The highest BCUT2D eigenvalue weighted by atomic mass is 16.5. The Labute approximate surface area is 117 Å². The average molecular weight is 261 g/mol. The lowest BCUT2D eigenvalue weighted by atomic mass is 10.0. The van der Waals surface area contributed by atoms with Gasteiger partial charge in [0, 0.05) is 17.6 Å². The van der Waals surface area contributed by atoms with E-state index < -0.39 is 0 Å². The second-order valence-corrected chi connectivity index (χ2v) is 5.73. The summed E-state index contributed by atoms with van der Waals surface area (Å²) in [6.07, 6.45) is 3.28. The second-order valence-electron chi connectivity index (χ2n) is 5.73. The molecular formula is C17H27NO. The van der Waals surface area contributed by atoms with Gasteiger partial charge in [-0.15, -0.1) is 0 Å². The van der Waals surface area contributed by atoms with Gasteiger partial charge in [-0.1, -0.05) is 36.8 Å². The zero-order valence-electron chi connectivity index (χ0n) is 12.9. The highest BCUT2D eigenvalue weighted by molar-refractivity contribution is 5.60. The minimum Gasteiger partial charge on any atom is -0.493 e. The first-order valence-corrected chi connectivity index (χ1v) is 7.12. The highest BCUT2D eigenvalue weighted by Crippen LogP contribution is 2.21. The third-order valence-electron chi connectivity index (χ3n) is 2.88. The summed E-state index contributed by atoms with van der Waals surface area (Å²) in [5, 5.41) is 3.54. The molecule has 1 aromatic rings. The molecule has 0 aromatic heterocycles. The molecule has 0 amide bonds. The van der Waals surface area contributed by atoms with E-state index in [1.54, 1.807) is 0 Å². The van der Waals surface area contributed by atoms with Crippen molar-refractivity contribution >= 4 is 6.08 Å². The van der Waals surface area contributed by atoms with Crippen molar-refractivity contribution < 1.29 is 4.74 Å². The first-order valence-electron chi connectivity index (χ1n) is 7.12. The van der Waals surface area contributed by atoms with E-state index in [2.05, 4.69) is 51.2 Å². The van der Waals surface area contributed by atoms with Crippen LogP contribution in [0.3, 0.4) is 0 Å². The molecule has 1 N–H and O–H groups in total. The predicted molar refractivity (Wildman–Crippen MR) is 83.6 cm³/mol. The summed E-state index contributed by atoms with van der Waals surface area (Å²) < 4.78 is 5.66. The van der Waals surface area contributed by atoms with E-state index in [-0.39, 0.29) is 5.54 Å². The van der Waals surface area contributed by atoms with Crippen LogP contribution in [0.4, 0.5) is 0 Å². The molecule has 0 saturated heterocycles. The van der Waals surface area contributed by atoms with Gasteiger partial charge in [0.15, 0.2) is 0 Å². The van der Waals surface area contributed by atoms with Crippen molar-refractivity contribution in [2.75, 3.05) is 13.2 Å². The molecule has 0 aliphatic rings. The van der Waals surface area contributed by atoms with E-state index in [0.29, 0.717) is 6.61 Å². The summed E-state index contributed by atoms with van der Waals surface area (Å²) in [6, 6.07) is 8.21. The maximum atomic E-state index is 5.66. The minimum absolute atomic E-state index is 0.147. The van der Waals surface area contributed by atoms with Gasteiger partial charge >= 0.3 is 0 Å². The van der Waals surface area contributed by atoms with Gasteiger partial charge in [0.05, 0.1) is 6.61 Å². The largest absolute Gasteiger partial charge is 0.493 e. The van der Waals surface area contributed by atoms with Gasteiger partial charge in [-0.2, -0.15) is 0 Å². The summed E-state index contributed by atoms with van der Waals surface area (Å²) in [6.45, 7) is 12.4. The third-order valence-corrected chi connectivity index (χ3v) is 2.88. The molecule has 0 unspecified atom stereocenters. The molecular weight excluding hydrogens is 234 g/mol. The first-order chi connectivity index (χ1) is 8.96. The van der Waals surface area contributed by atoms with E-state index >= 15 is 0 Å². The standard InChI is InChI=1S/C17H27NO/c1-6-14(13-18-17(3,4)5)12-15-10-8-9-11-16(15)19-7-2/h8-12,18H,6-7,13H2,1-5H3. The maximum absolute atomic E-state index is 5.66. The van der Waals surface area contributed by atoms with Crippen molar-refractivity contribution in [1.82, 2.24) is 5.32 Å². The van der Waals surface area contributed by atoms with Crippen LogP contribution in [0.1, 0.15) is 46.6 Å². The topological polar surface area (TPSA) is 21.3 Å². The van der Waals surface area contributed by atoms with Crippen LogP contribution in [-0.2, 0) is 0 Å². The van der Waals surface area contributed by atoms with E-state index in [4.69, 9.17) is 4.74 Å². The predicted octanol–water partition coefficient (Wildman–Crippen LogP) is 4.27. The number of hydrogen-bond donors (Lipinski definition) is 1. The SMILES string of the molecule is CCOc1ccccc1C=C(CC)CNC(C)(C)C. The van der Waals surface area contributed by atoms with Gasteiger partial charge in [0.25, 0.3) is 0 Å². The Morgan fingerprint density at radius 1 is 1.21 bits per heavy atom. The molecule has 0 saturated carbocycles. The van der Waals surface area contributed by atoms with Crippen LogP contribution in [0.2, 0.25) is 0 Å². The molecule has 0 spiro atoms. The van der Waals surface area contributed by atoms with Crippen molar-refractivity contribution in [1.29, 1.82) is 0 Å². The Morgan fingerprint density at radius 3 is 2.47 bits per heavy atom. The number of hydrogen-bond acceptors (Lipinski definition) is 2. The minimum atomic E-state index is 0.147. The third kappa shape index (κ3) is 5.93. The Hall–Kier alpha value is -1.28. The van der Waals surface area contributed by atoms with Crippen LogP contribution in [0.25, 0.3) is 6.08 Å². The van der Waals surface area contributed by atoms with Gasteiger partial charge in [-0.3, -0.25) is 0 Å². The fourth-order valence-corrected chi connectivity index (χ4v) is 1.76. The molecule has 2 nitrogen and oxygen atoms in total. The molecule has 0 bridgehead atoms. The number of benzene rings is 1. The van der Waals surface area contributed by atoms with Gasteiger partial charge in [-0.25, -0.2) is 0 Å². The molecule has 0 atom stereocenters. The summed E-state index contributed by atoms with van der Waals surface area (Å²) in [7, 11) is 0. The molecule has 106 valence electrons. The van der Waals surface area contributed by atoms with Gasteiger partial charge in [0.1, 0.15) is 5.75 Å². The first kappa shape index (κ1) is 15.8. The summed E-state index contributed by atoms with van der Waals surface area (Å²) in [4.78, 5) is 0. The lowest BCUT2D eigenvalue weighted by Gasteiger charge is -2.21. The van der Waals surface area contributed by atoms with Crippen molar-refractivity contribution in [2.45, 2.75) is 46.6 Å². The van der Waals surface area contributed by atoms with Crippen LogP contribution < -0.4 is 10.1 Å². The Morgan fingerprint density at radius 2 is 1.89 bits per heavy atom. The maximum Gasteiger partial charge on any atom is 0.126 e. The molecule has 0 fully saturated rings. The fourth-order valence-electron chi connectivity index (χ4n) is 1.76. The lowest BCUT2D eigenvalue weighted by molar-refractivity contribution is 0.339. The zero-order chi connectivity index (χ0) is 14.3. The van der Waals surface area contributed by atoms with Crippen LogP contribution in [0.15, 0.2) is 29.8 Å². The van der Waals surface area contributed by atoms with Crippen LogP contribution in [0.5, 0.6) is 5.75 Å². The van der Waals surface area contributed by atoms with Crippen molar-refractivity contribution in [3.63, 3.8) is 0 Å². The Balaban J connectivity index is 2.85. The fraction of sp³-hybridized carbons (Fsp3) is 0.529. The number of para-hydroxylation sites is 1. The Bertz CT molecular complexity index is 416. The summed E-state index contributed by atoms with van der Waals surface area (Å²) >= 11 is 0. The number of nitrogens with one attached hydrogen (secondary N) is 1.